The van der Waals surface area contributed by atoms with Crippen LogP contribution in [-0.4, -0.2) is 15.7 Å². The molecule has 0 aromatic carbocycles. The third kappa shape index (κ3) is 1.75. The molecular formula is C9H11ClF2N2. The Bertz CT molecular complexity index is 324. The number of alkyl halides is 2. The maximum atomic E-state index is 13.5. The SMILES string of the molecule is FC1(F)CCCCC1n1cc(Cl)cn1. The molecule has 14 heavy (non-hydrogen) atoms. The highest BCUT2D eigenvalue weighted by atomic mass is 35.5. The van der Waals surface area contributed by atoms with Gasteiger partial charge in [0.05, 0.1) is 11.2 Å². The first-order valence-electron chi connectivity index (χ1n) is 4.67. The Labute approximate surface area is 85.9 Å². The highest BCUT2D eigenvalue weighted by Gasteiger charge is 2.42. The van der Waals surface area contributed by atoms with Gasteiger partial charge in [0.1, 0.15) is 6.04 Å². The zero-order chi connectivity index (χ0) is 10.2. The van der Waals surface area contributed by atoms with Crippen LogP contribution >= 0.6 is 11.6 Å². The molecule has 1 atom stereocenters. The van der Waals surface area contributed by atoms with E-state index in [0.29, 0.717) is 17.9 Å². The van der Waals surface area contributed by atoms with E-state index in [1.165, 1.54) is 17.1 Å². The van der Waals surface area contributed by atoms with Crippen molar-refractivity contribution in [1.82, 2.24) is 9.78 Å². The Morgan fingerprint density at radius 2 is 2.29 bits per heavy atom. The van der Waals surface area contributed by atoms with Crippen molar-refractivity contribution in [2.45, 2.75) is 37.6 Å². The van der Waals surface area contributed by atoms with Crippen molar-refractivity contribution in [3.05, 3.63) is 17.4 Å². The summed E-state index contributed by atoms with van der Waals surface area (Å²) < 4.78 is 28.2. The van der Waals surface area contributed by atoms with E-state index in [9.17, 15) is 8.78 Å². The molecule has 1 unspecified atom stereocenters. The molecule has 0 radical (unpaired) electrons. The lowest BCUT2D eigenvalue weighted by atomic mass is 9.92. The van der Waals surface area contributed by atoms with Gasteiger partial charge in [0.25, 0.3) is 5.92 Å². The van der Waals surface area contributed by atoms with Gasteiger partial charge in [0, 0.05) is 12.6 Å². The summed E-state index contributed by atoms with van der Waals surface area (Å²) >= 11 is 5.64. The molecular weight excluding hydrogens is 210 g/mol. The lowest BCUT2D eigenvalue weighted by Crippen LogP contribution is -2.34. The summed E-state index contributed by atoms with van der Waals surface area (Å²) in [4.78, 5) is 0. The fourth-order valence-electron chi connectivity index (χ4n) is 1.89. The predicted octanol–water partition coefficient (Wildman–Crippen LogP) is 3.29. The monoisotopic (exact) mass is 220 g/mol. The Morgan fingerprint density at radius 1 is 1.50 bits per heavy atom. The maximum absolute atomic E-state index is 13.5. The lowest BCUT2D eigenvalue weighted by Gasteiger charge is -2.31. The zero-order valence-corrected chi connectivity index (χ0v) is 8.34. The number of hydrogen-bond donors (Lipinski definition) is 0. The van der Waals surface area contributed by atoms with E-state index in [2.05, 4.69) is 5.10 Å². The molecule has 1 aliphatic rings. The third-order valence-corrected chi connectivity index (χ3v) is 2.81. The second-order valence-corrected chi connectivity index (χ2v) is 4.10. The minimum absolute atomic E-state index is 0.0465. The Balaban J connectivity index is 2.23. The average molecular weight is 221 g/mol. The zero-order valence-electron chi connectivity index (χ0n) is 7.59. The van der Waals surface area contributed by atoms with Crippen molar-refractivity contribution >= 4 is 11.6 Å². The van der Waals surface area contributed by atoms with Crippen LogP contribution in [0.2, 0.25) is 5.02 Å². The van der Waals surface area contributed by atoms with E-state index in [1.807, 2.05) is 0 Å². The van der Waals surface area contributed by atoms with Crippen LogP contribution in [0.5, 0.6) is 0 Å². The summed E-state index contributed by atoms with van der Waals surface area (Å²) in [5.41, 5.74) is 0. The molecule has 1 fully saturated rings. The molecule has 2 nitrogen and oxygen atoms in total. The smallest absolute Gasteiger partial charge is 0.262 e. The van der Waals surface area contributed by atoms with Gasteiger partial charge < -0.3 is 0 Å². The summed E-state index contributed by atoms with van der Waals surface area (Å²) in [7, 11) is 0. The number of aromatic nitrogens is 2. The van der Waals surface area contributed by atoms with Crippen LogP contribution in [0, 0.1) is 0 Å². The maximum Gasteiger partial charge on any atom is 0.270 e. The molecule has 2 rings (SSSR count). The molecule has 0 N–H and O–H groups in total. The Morgan fingerprint density at radius 3 is 2.86 bits per heavy atom. The molecule has 1 aromatic heterocycles. The average Bonchev–Trinajstić information content (AvgIpc) is 2.51. The van der Waals surface area contributed by atoms with Crippen LogP contribution in [0.25, 0.3) is 0 Å². The first-order valence-corrected chi connectivity index (χ1v) is 5.05. The number of hydrogen-bond acceptors (Lipinski definition) is 1. The summed E-state index contributed by atoms with van der Waals surface area (Å²) in [5, 5.41) is 4.25. The van der Waals surface area contributed by atoms with Gasteiger partial charge in [-0.05, 0) is 12.8 Å². The minimum Gasteiger partial charge on any atom is -0.262 e. The molecule has 0 spiro atoms. The van der Waals surface area contributed by atoms with Crippen molar-refractivity contribution in [2.24, 2.45) is 0 Å². The molecule has 0 saturated heterocycles. The first kappa shape index (κ1) is 9.90. The summed E-state index contributed by atoms with van der Waals surface area (Å²) in [6, 6.07) is -0.816. The molecule has 0 amide bonds. The van der Waals surface area contributed by atoms with Gasteiger partial charge >= 0.3 is 0 Å². The quantitative estimate of drug-likeness (QED) is 0.710. The van der Waals surface area contributed by atoms with Gasteiger partial charge in [0.2, 0.25) is 0 Å². The van der Waals surface area contributed by atoms with Crippen LogP contribution in [0.4, 0.5) is 8.78 Å². The lowest BCUT2D eigenvalue weighted by molar-refractivity contribution is -0.0818. The predicted molar refractivity (Wildman–Crippen MR) is 49.7 cm³/mol. The van der Waals surface area contributed by atoms with Crippen molar-refractivity contribution in [3.8, 4) is 0 Å². The minimum atomic E-state index is -2.65. The fourth-order valence-corrected chi connectivity index (χ4v) is 2.03. The number of halogens is 3. The van der Waals surface area contributed by atoms with Crippen LogP contribution in [0.15, 0.2) is 12.4 Å². The van der Waals surface area contributed by atoms with Crippen LogP contribution in [-0.2, 0) is 0 Å². The summed E-state index contributed by atoms with van der Waals surface area (Å²) in [5.74, 6) is -2.65. The Hall–Kier alpha value is -0.640. The van der Waals surface area contributed by atoms with Gasteiger partial charge in [0.15, 0.2) is 0 Å². The molecule has 0 bridgehead atoms. The van der Waals surface area contributed by atoms with E-state index in [1.54, 1.807) is 0 Å². The molecule has 5 heteroatoms. The van der Waals surface area contributed by atoms with E-state index < -0.39 is 12.0 Å². The van der Waals surface area contributed by atoms with E-state index in [4.69, 9.17) is 11.6 Å². The number of rotatable bonds is 1. The fraction of sp³-hybridized carbons (Fsp3) is 0.667. The van der Waals surface area contributed by atoms with Crippen LogP contribution in [0.1, 0.15) is 31.7 Å². The first-order chi connectivity index (χ1) is 6.59. The van der Waals surface area contributed by atoms with Gasteiger partial charge in [-0.15, -0.1) is 0 Å². The molecule has 1 saturated carbocycles. The summed E-state index contributed by atoms with van der Waals surface area (Å²) in [6.07, 6.45) is 4.72. The molecule has 0 aliphatic heterocycles. The van der Waals surface area contributed by atoms with Gasteiger partial charge in [-0.1, -0.05) is 18.0 Å². The molecule has 1 aromatic rings. The third-order valence-electron chi connectivity index (χ3n) is 2.61. The van der Waals surface area contributed by atoms with Crippen LogP contribution < -0.4 is 0 Å². The van der Waals surface area contributed by atoms with E-state index in [-0.39, 0.29) is 6.42 Å². The molecule has 1 aliphatic carbocycles. The van der Waals surface area contributed by atoms with Crippen molar-refractivity contribution < 1.29 is 8.78 Å². The highest BCUT2D eigenvalue weighted by molar-refractivity contribution is 6.30. The second-order valence-electron chi connectivity index (χ2n) is 3.66. The molecule has 78 valence electrons. The van der Waals surface area contributed by atoms with Crippen molar-refractivity contribution in [1.29, 1.82) is 0 Å². The van der Waals surface area contributed by atoms with Gasteiger partial charge in [-0.2, -0.15) is 5.10 Å². The second kappa shape index (κ2) is 3.50. The number of nitrogens with zero attached hydrogens (tertiary/aromatic N) is 2. The summed E-state index contributed by atoms with van der Waals surface area (Å²) in [6.45, 7) is 0. The van der Waals surface area contributed by atoms with Crippen molar-refractivity contribution in [3.63, 3.8) is 0 Å². The normalized spacial score (nSPS) is 26.4. The highest BCUT2D eigenvalue weighted by Crippen LogP contribution is 2.41. The largest absolute Gasteiger partial charge is 0.270 e. The van der Waals surface area contributed by atoms with E-state index >= 15 is 0 Å². The van der Waals surface area contributed by atoms with E-state index in [0.717, 1.165) is 6.42 Å². The topological polar surface area (TPSA) is 17.8 Å². The Kier molecular flexibility index (Phi) is 2.47. The van der Waals surface area contributed by atoms with Crippen molar-refractivity contribution in [2.75, 3.05) is 0 Å². The van der Waals surface area contributed by atoms with Crippen LogP contribution in [0.3, 0.4) is 0 Å². The van der Waals surface area contributed by atoms with Gasteiger partial charge in [-0.3, -0.25) is 4.68 Å². The van der Waals surface area contributed by atoms with Gasteiger partial charge in [-0.25, -0.2) is 8.78 Å². The standard InChI is InChI=1S/C9H11ClF2N2/c10-7-5-13-14(6-7)8-3-1-2-4-9(8,11)12/h5-6,8H,1-4H2. The molecule has 1 heterocycles.